The van der Waals surface area contributed by atoms with Crippen LogP contribution in [-0.4, -0.2) is 11.1 Å². The normalized spacial score (nSPS) is 9.95. The molecular formula is C15H9BrClNO3. The zero-order valence-corrected chi connectivity index (χ0v) is 13.0. The van der Waals surface area contributed by atoms with Gasteiger partial charge in [0.1, 0.15) is 17.9 Å². The minimum atomic E-state index is -1.07. The summed E-state index contributed by atoms with van der Waals surface area (Å²) in [5.74, 6) is -0.831. The molecule has 0 spiro atoms. The molecule has 0 fully saturated rings. The van der Waals surface area contributed by atoms with Crippen molar-refractivity contribution in [3.63, 3.8) is 0 Å². The van der Waals surface area contributed by atoms with Crippen LogP contribution in [0.15, 0.2) is 40.9 Å². The molecule has 0 heterocycles. The third-order valence-corrected chi connectivity index (χ3v) is 3.73. The van der Waals surface area contributed by atoms with Crippen LogP contribution in [0.5, 0.6) is 5.75 Å². The van der Waals surface area contributed by atoms with E-state index in [0.717, 1.165) is 0 Å². The number of hydrogen-bond donors (Lipinski definition) is 1. The first-order chi connectivity index (χ1) is 10.0. The summed E-state index contributed by atoms with van der Waals surface area (Å²) >= 11 is 9.32. The number of nitrogens with zero attached hydrogens (tertiary/aromatic N) is 1. The molecule has 0 amide bonds. The van der Waals surface area contributed by atoms with Crippen LogP contribution in [0.3, 0.4) is 0 Å². The lowest BCUT2D eigenvalue weighted by atomic mass is 10.1. The van der Waals surface area contributed by atoms with Crippen LogP contribution in [0.2, 0.25) is 5.02 Å². The predicted octanol–water partition coefficient (Wildman–Crippen LogP) is 4.25. The van der Waals surface area contributed by atoms with Crippen LogP contribution in [-0.2, 0) is 6.61 Å². The first kappa shape index (κ1) is 15.4. The van der Waals surface area contributed by atoms with Crippen molar-refractivity contribution in [3.05, 3.63) is 62.6 Å². The largest absolute Gasteiger partial charge is 0.487 e. The molecule has 0 aliphatic heterocycles. The third-order valence-electron chi connectivity index (χ3n) is 2.75. The minimum absolute atomic E-state index is 0.0640. The van der Waals surface area contributed by atoms with Gasteiger partial charge in [0.2, 0.25) is 0 Å². The van der Waals surface area contributed by atoms with Crippen LogP contribution in [0.25, 0.3) is 0 Å². The molecule has 0 aromatic heterocycles. The molecule has 0 unspecified atom stereocenters. The third kappa shape index (κ3) is 3.54. The van der Waals surface area contributed by atoms with E-state index in [2.05, 4.69) is 15.9 Å². The summed E-state index contributed by atoms with van der Waals surface area (Å²) < 4.78 is 6.12. The number of ether oxygens (including phenoxy) is 1. The highest BCUT2D eigenvalue weighted by atomic mass is 79.9. The summed E-state index contributed by atoms with van der Waals surface area (Å²) in [6, 6.07) is 11.6. The first-order valence-corrected chi connectivity index (χ1v) is 7.03. The van der Waals surface area contributed by atoms with Crippen molar-refractivity contribution in [1.82, 2.24) is 0 Å². The SMILES string of the molecule is N#Cc1ccc(COc2c(Br)cccc2C(=O)O)c(Cl)c1. The Morgan fingerprint density at radius 2 is 2.14 bits per heavy atom. The van der Waals surface area contributed by atoms with Crippen molar-refractivity contribution in [3.8, 4) is 11.8 Å². The fourth-order valence-electron chi connectivity index (χ4n) is 1.71. The minimum Gasteiger partial charge on any atom is -0.487 e. The second kappa shape index (κ2) is 6.61. The van der Waals surface area contributed by atoms with Crippen molar-refractivity contribution < 1.29 is 14.6 Å². The Bertz CT molecular complexity index is 740. The zero-order valence-electron chi connectivity index (χ0n) is 10.6. The van der Waals surface area contributed by atoms with E-state index >= 15 is 0 Å². The predicted molar refractivity (Wildman–Crippen MR) is 81.6 cm³/mol. The topological polar surface area (TPSA) is 70.3 Å². The smallest absolute Gasteiger partial charge is 0.339 e. The van der Waals surface area contributed by atoms with E-state index in [4.69, 9.17) is 26.7 Å². The Morgan fingerprint density at radius 3 is 2.76 bits per heavy atom. The number of carbonyl (C=O) groups is 1. The molecule has 2 aromatic rings. The summed E-state index contributed by atoms with van der Waals surface area (Å²) in [6.07, 6.45) is 0. The molecule has 0 bridgehead atoms. The molecule has 0 aliphatic carbocycles. The number of aromatic carboxylic acids is 1. The van der Waals surface area contributed by atoms with E-state index in [1.165, 1.54) is 6.07 Å². The van der Waals surface area contributed by atoms with Crippen molar-refractivity contribution in [2.24, 2.45) is 0 Å². The number of para-hydroxylation sites is 1. The Hall–Kier alpha value is -2.03. The van der Waals surface area contributed by atoms with E-state index in [1.807, 2.05) is 6.07 Å². The lowest BCUT2D eigenvalue weighted by molar-refractivity contribution is 0.0691. The number of carboxylic acids is 1. The molecular weight excluding hydrogens is 358 g/mol. The fraction of sp³-hybridized carbons (Fsp3) is 0.0667. The van der Waals surface area contributed by atoms with Gasteiger partial charge in [-0.05, 0) is 40.2 Å². The van der Waals surface area contributed by atoms with Gasteiger partial charge < -0.3 is 9.84 Å². The number of rotatable bonds is 4. The first-order valence-electron chi connectivity index (χ1n) is 5.86. The number of halogens is 2. The monoisotopic (exact) mass is 365 g/mol. The Morgan fingerprint density at radius 1 is 1.38 bits per heavy atom. The number of carboxylic acid groups (broad SMARTS) is 1. The van der Waals surface area contributed by atoms with E-state index < -0.39 is 5.97 Å². The number of nitriles is 1. The lowest BCUT2D eigenvalue weighted by Crippen LogP contribution is -2.04. The highest BCUT2D eigenvalue weighted by molar-refractivity contribution is 9.10. The number of benzene rings is 2. The van der Waals surface area contributed by atoms with Gasteiger partial charge >= 0.3 is 5.97 Å². The summed E-state index contributed by atoms with van der Waals surface area (Å²) in [5, 5.41) is 18.3. The Kier molecular flexibility index (Phi) is 4.84. The second-order valence-corrected chi connectivity index (χ2v) is 5.39. The Balaban J connectivity index is 2.25. The quantitative estimate of drug-likeness (QED) is 0.878. The van der Waals surface area contributed by atoms with Crippen LogP contribution in [0.1, 0.15) is 21.5 Å². The van der Waals surface area contributed by atoms with Crippen LogP contribution in [0, 0.1) is 11.3 Å². The van der Waals surface area contributed by atoms with Crippen molar-refractivity contribution in [1.29, 1.82) is 5.26 Å². The van der Waals surface area contributed by atoms with Crippen LogP contribution in [0.4, 0.5) is 0 Å². The average molecular weight is 367 g/mol. The molecule has 2 aromatic carbocycles. The van der Waals surface area contributed by atoms with Gasteiger partial charge in [0.15, 0.2) is 0 Å². The molecule has 0 radical (unpaired) electrons. The highest BCUT2D eigenvalue weighted by Gasteiger charge is 2.15. The second-order valence-electron chi connectivity index (χ2n) is 4.13. The van der Waals surface area contributed by atoms with Gasteiger partial charge in [-0.3, -0.25) is 0 Å². The van der Waals surface area contributed by atoms with Crippen LogP contribution < -0.4 is 4.74 Å². The van der Waals surface area contributed by atoms with E-state index in [-0.39, 0.29) is 17.9 Å². The Labute approximate surface area is 134 Å². The summed E-state index contributed by atoms with van der Waals surface area (Å²) in [6.45, 7) is 0.105. The summed E-state index contributed by atoms with van der Waals surface area (Å²) in [7, 11) is 0. The molecule has 0 aliphatic rings. The van der Waals surface area contributed by atoms with Gasteiger partial charge in [0.05, 0.1) is 16.1 Å². The molecule has 6 heteroatoms. The van der Waals surface area contributed by atoms with Gasteiger partial charge in [0.25, 0.3) is 0 Å². The lowest BCUT2D eigenvalue weighted by Gasteiger charge is -2.12. The van der Waals surface area contributed by atoms with Gasteiger partial charge in [-0.1, -0.05) is 23.7 Å². The van der Waals surface area contributed by atoms with Gasteiger partial charge in [-0.2, -0.15) is 5.26 Å². The summed E-state index contributed by atoms with van der Waals surface area (Å²) in [5.41, 5.74) is 1.19. The van der Waals surface area contributed by atoms with E-state index in [9.17, 15) is 4.79 Å². The number of hydrogen-bond acceptors (Lipinski definition) is 3. The van der Waals surface area contributed by atoms with Crippen molar-refractivity contribution >= 4 is 33.5 Å². The highest BCUT2D eigenvalue weighted by Crippen LogP contribution is 2.30. The van der Waals surface area contributed by atoms with Crippen molar-refractivity contribution in [2.45, 2.75) is 6.61 Å². The molecule has 106 valence electrons. The van der Waals surface area contributed by atoms with Gasteiger partial charge in [-0.25, -0.2) is 4.79 Å². The van der Waals surface area contributed by atoms with Crippen LogP contribution >= 0.6 is 27.5 Å². The standard InChI is InChI=1S/C15H9BrClNO3/c16-12-3-1-2-11(15(19)20)14(12)21-8-10-5-4-9(7-18)6-13(10)17/h1-6H,8H2,(H,19,20). The molecule has 0 saturated heterocycles. The average Bonchev–Trinajstić information content (AvgIpc) is 2.46. The summed E-state index contributed by atoms with van der Waals surface area (Å²) in [4.78, 5) is 11.2. The van der Waals surface area contributed by atoms with E-state index in [0.29, 0.717) is 20.6 Å². The van der Waals surface area contributed by atoms with E-state index in [1.54, 1.807) is 30.3 Å². The molecule has 2 rings (SSSR count). The zero-order chi connectivity index (χ0) is 15.4. The maximum atomic E-state index is 11.2. The molecule has 0 atom stereocenters. The molecule has 4 nitrogen and oxygen atoms in total. The van der Waals surface area contributed by atoms with Gasteiger partial charge in [-0.15, -0.1) is 0 Å². The maximum absolute atomic E-state index is 11.2. The fourth-order valence-corrected chi connectivity index (χ4v) is 2.42. The molecule has 21 heavy (non-hydrogen) atoms. The molecule has 0 saturated carbocycles. The molecule has 1 N–H and O–H groups in total. The maximum Gasteiger partial charge on any atom is 0.339 e. The van der Waals surface area contributed by atoms with Crippen molar-refractivity contribution in [2.75, 3.05) is 0 Å². The van der Waals surface area contributed by atoms with Gasteiger partial charge in [0, 0.05) is 10.6 Å².